The molecule has 0 amide bonds. The summed E-state index contributed by atoms with van der Waals surface area (Å²) < 4.78 is 6.11. The van der Waals surface area contributed by atoms with Crippen molar-refractivity contribution in [1.82, 2.24) is 0 Å². The van der Waals surface area contributed by atoms with Crippen LogP contribution in [0, 0.1) is 13.8 Å². The van der Waals surface area contributed by atoms with E-state index in [0.29, 0.717) is 5.75 Å². The van der Waals surface area contributed by atoms with Crippen LogP contribution in [0.1, 0.15) is 25.0 Å². The number of phenols is 1. The van der Waals surface area contributed by atoms with Gasteiger partial charge in [0.2, 0.25) is 0 Å². The van der Waals surface area contributed by atoms with Crippen LogP contribution in [0.25, 0.3) is 0 Å². The fraction of sp³-hybridized carbons (Fsp3) is 0.429. The Bertz CT molecular complexity index is 480. The molecule has 0 aliphatic carbocycles. The zero-order valence-corrected chi connectivity index (χ0v) is 11.5. The molecule has 0 spiro atoms. The Balaban J connectivity index is 2.48. The number of rotatable bonds is 1. The van der Waals surface area contributed by atoms with E-state index in [-0.39, 0.29) is 5.60 Å². The van der Waals surface area contributed by atoms with Crippen LogP contribution in [0.3, 0.4) is 0 Å². The van der Waals surface area contributed by atoms with Gasteiger partial charge in [0.05, 0.1) is 4.90 Å². The van der Waals surface area contributed by atoms with Crippen LogP contribution < -0.4 is 4.74 Å². The predicted octanol–water partition coefficient (Wildman–Crippen LogP) is 3.83. The van der Waals surface area contributed by atoms with Crippen molar-refractivity contribution in [2.24, 2.45) is 0 Å². The minimum atomic E-state index is -0.249. The Hall–Kier alpha value is -1.09. The molecular formula is C14H18O2S. The third-order valence-corrected chi connectivity index (χ3v) is 4.48. The van der Waals surface area contributed by atoms with E-state index < -0.39 is 0 Å². The number of allylic oxidation sites excluding steroid dienone is 1. The van der Waals surface area contributed by atoms with E-state index in [2.05, 4.69) is 13.0 Å². The predicted molar refractivity (Wildman–Crippen MR) is 72.2 cm³/mol. The fourth-order valence-corrected chi connectivity index (χ4v) is 3.12. The van der Waals surface area contributed by atoms with Gasteiger partial charge in [-0.3, -0.25) is 0 Å². The summed E-state index contributed by atoms with van der Waals surface area (Å²) >= 11 is 1.74. The van der Waals surface area contributed by atoms with Gasteiger partial charge in [0, 0.05) is 5.75 Å². The molecule has 1 unspecified atom stereocenters. The van der Waals surface area contributed by atoms with Gasteiger partial charge in [-0.15, -0.1) is 11.8 Å². The summed E-state index contributed by atoms with van der Waals surface area (Å²) in [6.07, 6.45) is 4.11. The van der Waals surface area contributed by atoms with Crippen LogP contribution in [-0.4, -0.2) is 16.5 Å². The zero-order chi connectivity index (χ0) is 12.6. The molecule has 1 aliphatic rings. The van der Waals surface area contributed by atoms with E-state index in [1.165, 1.54) is 0 Å². The third-order valence-electron chi connectivity index (χ3n) is 3.15. The summed E-state index contributed by atoms with van der Waals surface area (Å²) in [6, 6.07) is 1.80. The first-order chi connectivity index (χ1) is 7.97. The van der Waals surface area contributed by atoms with Crippen molar-refractivity contribution in [2.45, 2.75) is 38.2 Å². The van der Waals surface area contributed by atoms with Crippen LogP contribution >= 0.6 is 11.8 Å². The number of phenolic OH excluding ortho intramolecular Hbond substituents is 1. The number of fused-ring (bicyclic) bond motifs is 1. The van der Waals surface area contributed by atoms with Crippen molar-refractivity contribution in [3.8, 4) is 11.5 Å². The molecule has 92 valence electrons. The second-order valence-electron chi connectivity index (χ2n) is 4.68. The second kappa shape index (κ2) is 4.30. The van der Waals surface area contributed by atoms with Crippen molar-refractivity contribution >= 4 is 11.8 Å². The first kappa shape index (κ1) is 12.4. The fourth-order valence-electron chi connectivity index (χ4n) is 2.00. The minimum Gasteiger partial charge on any atom is -0.508 e. The molecule has 1 N–H and O–H groups in total. The molecule has 2 nitrogen and oxygen atoms in total. The third kappa shape index (κ3) is 2.16. The smallest absolute Gasteiger partial charge is 0.137 e. The number of benzene rings is 1. The highest BCUT2D eigenvalue weighted by molar-refractivity contribution is 7.99. The molecule has 0 bridgehead atoms. The molecule has 1 atom stereocenters. The lowest BCUT2D eigenvalue weighted by Crippen LogP contribution is -2.35. The van der Waals surface area contributed by atoms with E-state index in [9.17, 15) is 5.11 Å². The molecule has 3 heteroatoms. The van der Waals surface area contributed by atoms with Crippen LogP contribution in [0.15, 0.2) is 23.1 Å². The minimum absolute atomic E-state index is 0.249. The molecule has 1 aromatic carbocycles. The highest BCUT2D eigenvalue weighted by Crippen LogP contribution is 2.45. The van der Waals surface area contributed by atoms with Crippen LogP contribution in [0.2, 0.25) is 0 Å². The average Bonchev–Trinajstić information content (AvgIpc) is 2.28. The van der Waals surface area contributed by atoms with Crippen molar-refractivity contribution in [3.63, 3.8) is 0 Å². The van der Waals surface area contributed by atoms with Crippen molar-refractivity contribution in [1.29, 1.82) is 0 Å². The van der Waals surface area contributed by atoms with Gasteiger partial charge in [-0.05, 0) is 51.0 Å². The zero-order valence-electron chi connectivity index (χ0n) is 10.7. The van der Waals surface area contributed by atoms with Crippen LogP contribution in [0.4, 0.5) is 0 Å². The SMILES string of the molecule is C/C=C/C1(C)CSc2cc(O)c(C)c(C)c2O1. The molecule has 17 heavy (non-hydrogen) atoms. The number of thioether (sulfide) groups is 1. The van der Waals surface area contributed by atoms with Gasteiger partial charge in [0.25, 0.3) is 0 Å². The van der Waals surface area contributed by atoms with E-state index in [1.54, 1.807) is 17.8 Å². The quantitative estimate of drug-likeness (QED) is 0.768. The first-order valence-electron chi connectivity index (χ1n) is 5.75. The Morgan fingerprint density at radius 2 is 2.12 bits per heavy atom. The number of hydrogen-bond acceptors (Lipinski definition) is 3. The maximum atomic E-state index is 9.81. The molecule has 0 aromatic heterocycles. The summed E-state index contributed by atoms with van der Waals surface area (Å²) in [5, 5.41) is 9.81. The highest BCUT2D eigenvalue weighted by Gasteiger charge is 2.31. The molecule has 0 fully saturated rings. The van der Waals surface area contributed by atoms with E-state index in [1.807, 2.05) is 26.8 Å². The monoisotopic (exact) mass is 250 g/mol. The largest absolute Gasteiger partial charge is 0.508 e. The molecule has 1 aromatic rings. The Morgan fingerprint density at radius 1 is 1.41 bits per heavy atom. The van der Waals surface area contributed by atoms with Gasteiger partial charge in [0.1, 0.15) is 17.1 Å². The van der Waals surface area contributed by atoms with Gasteiger partial charge in [-0.2, -0.15) is 0 Å². The van der Waals surface area contributed by atoms with Crippen molar-refractivity contribution in [2.75, 3.05) is 5.75 Å². The van der Waals surface area contributed by atoms with Crippen LogP contribution in [-0.2, 0) is 0 Å². The lowest BCUT2D eigenvalue weighted by Gasteiger charge is -2.34. The Morgan fingerprint density at radius 3 is 2.76 bits per heavy atom. The highest BCUT2D eigenvalue weighted by atomic mass is 32.2. The molecule has 0 saturated heterocycles. The van der Waals surface area contributed by atoms with Crippen molar-refractivity contribution < 1.29 is 9.84 Å². The molecular weight excluding hydrogens is 232 g/mol. The van der Waals surface area contributed by atoms with E-state index in [4.69, 9.17) is 4.74 Å². The summed E-state index contributed by atoms with van der Waals surface area (Å²) in [5.74, 6) is 2.14. The average molecular weight is 250 g/mol. The molecule has 1 aliphatic heterocycles. The van der Waals surface area contributed by atoms with Gasteiger partial charge < -0.3 is 9.84 Å². The van der Waals surface area contributed by atoms with Crippen LogP contribution in [0.5, 0.6) is 11.5 Å². The Kier molecular flexibility index (Phi) is 3.13. The van der Waals surface area contributed by atoms with Gasteiger partial charge in [-0.25, -0.2) is 0 Å². The summed E-state index contributed by atoms with van der Waals surface area (Å²) in [6.45, 7) is 8.00. The molecule has 0 saturated carbocycles. The topological polar surface area (TPSA) is 29.5 Å². The first-order valence-corrected chi connectivity index (χ1v) is 6.74. The standard InChI is InChI=1S/C14H18O2S/c1-5-6-14(4)8-17-12-7-11(15)9(2)10(3)13(12)16-14/h5-7,15H,8H2,1-4H3/b6-5+. The number of ether oxygens (including phenoxy) is 1. The molecule has 0 radical (unpaired) electrons. The maximum Gasteiger partial charge on any atom is 0.137 e. The summed E-state index contributed by atoms with van der Waals surface area (Å²) in [5.41, 5.74) is 1.68. The van der Waals surface area contributed by atoms with E-state index >= 15 is 0 Å². The number of aromatic hydroxyl groups is 1. The normalized spacial score (nSPS) is 23.5. The maximum absolute atomic E-state index is 9.81. The van der Waals surface area contributed by atoms with Gasteiger partial charge in [-0.1, -0.05) is 6.08 Å². The Labute approximate surface area is 107 Å². The second-order valence-corrected chi connectivity index (χ2v) is 5.69. The summed E-state index contributed by atoms with van der Waals surface area (Å²) in [4.78, 5) is 1.03. The summed E-state index contributed by atoms with van der Waals surface area (Å²) in [7, 11) is 0. The lowest BCUT2D eigenvalue weighted by atomic mass is 10.1. The van der Waals surface area contributed by atoms with Crippen molar-refractivity contribution in [3.05, 3.63) is 29.3 Å². The van der Waals surface area contributed by atoms with E-state index in [0.717, 1.165) is 27.5 Å². The molecule has 2 rings (SSSR count). The number of hydrogen-bond donors (Lipinski definition) is 1. The van der Waals surface area contributed by atoms with Gasteiger partial charge >= 0.3 is 0 Å². The molecule has 1 heterocycles. The lowest BCUT2D eigenvalue weighted by molar-refractivity contribution is 0.155. The van der Waals surface area contributed by atoms with Gasteiger partial charge in [0.15, 0.2) is 0 Å².